The molecule has 0 radical (unpaired) electrons. The van der Waals surface area contributed by atoms with E-state index in [0.717, 1.165) is 5.56 Å². The molecule has 3 aromatic rings. The monoisotopic (exact) mass is 475 g/mol. The van der Waals surface area contributed by atoms with E-state index in [1.165, 1.54) is 6.33 Å². The van der Waals surface area contributed by atoms with Gasteiger partial charge in [-0.15, -0.1) is 0 Å². The molecular weight excluding hydrogens is 449 g/mol. The standard InChI is InChI=1S/C22H27Cl2N7O/c1-15(2)20(29(3)4)12-30(11-16-5-7-18(23)19(24)9-16)22(32)28-17-6-8-21(26-10-17)31-14-25-13-27-31/h5-10,13-15,20H,11-12H2,1-4H3,(H,28,32)/t20-/m1/s1. The second-order valence-corrected chi connectivity index (χ2v) is 8.89. The number of nitrogens with one attached hydrogen (secondary N) is 1. The number of likely N-dealkylation sites (N-methyl/N-ethyl adjacent to an activating group) is 1. The maximum atomic E-state index is 13.2. The lowest BCUT2D eigenvalue weighted by atomic mass is 10.0. The fourth-order valence-corrected chi connectivity index (χ4v) is 3.72. The SMILES string of the molecule is CC(C)[C@@H](CN(Cc1ccc(Cl)c(Cl)c1)C(=O)Nc1ccc(-n2cncn2)nc1)N(C)C. The minimum atomic E-state index is -0.223. The average Bonchev–Trinajstić information content (AvgIpc) is 3.28. The van der Waals surface area contributed by atoms with Crippen molar-refractivity contribution in [2.45, 2.75) is 26.4 Å². The molecule has 0 fully saturated rings. The summed E-state index contributed by atoms with van der Waals surface area (Å²) in [5.74, 6) is 0.971. The van der Waals surface area contributed by atoms with E-state index in [9.17, 15) is 4.79 Å². The van der Waals surface area contributed by atoms with Crippen molar-refractivity contribution in [3.63, 3.8) is 0 Å². The van der Waals surface area contributed by atoms with E-state index in [-0.39, 0.29) is 12.1 Å². The molecule has 32 heavy (non-hydrogen) atoms. The Balaban J connectivity index is 1.79. The molecule has 0 unspecified atom stereocenters. The van der Waals surface area contributed by atoms with Crippen LogP contribution in [0.1, 0.15) is 19.4 Å². The summed E-state index contributed by atoms with van der Waals surface area (Å²) in [7, 11) is 4.04. The third kappa shape index (κ3) is 6.18. The van der Waals surface area contributed by atoms with Gasteiger partial charge in [-0.3, -0.25) is 0 Å². The number of hydrogen-bond donors (Lipinski definition) is 1. The lowest BCUT2D eigenvalue weighted by Gasteiger charge is -2.34. The predicted molar refractivity (Wildman–Crippen MR) is 127 cm³/mol. The first-order chi connectivity index (χ1) is 15.2. The number of amides is 2. The van der Waals surface area contributed by atoms with Crippen LogP contribution in [0.25, 0.3) is 5.82 Å². The van der Waals surface area contributed by atoms with Gasteiger partial charge in [0.2, 0.25) is 0 Å². The fraction of sp³-hybridized carbons (Fsp3) is 0.364. The van der Waals surface area contributed by atoms with E-state index in [4.69, 9.17) is 23.2 Å². The van der Waals surface area contributed by atoms with Gasteiger partial charge in [0.1, 0.15) is 12.7 Å². The number of nitrogens with zero attached hydrogens (tertiary/aromatic N) is 6. The van der Waals surface area contributed by atoms with Gasteiger partial charge in [0.25, 0.3) is 0 Å². The number of aromatic nitrogens is 4. The Morgan fingerprint density at radius 3 is 2.50 bits per heavy atom. The molecule has 2 aromatic heterocycles. The summed E-state index contributed by atoms with van der Waals surface area (Å²) in [4.78, 5) is 25.4. The van der Waals surface area contributed by atoms with Crippen molar-refractivity contribution in [1.29, 1.82) is 0 Å². The highest BCUT2D eigenvalue weighted by atomic mass is 35.5. The van der Waals surface area contributed by atoms with E-state index in [2.05, 4.69) is 39.1 Å². The maximum absolute atomic E-state index is 13.2. The summed E-state index contributed by atoms with van der Waals surface area (Å²) < 4.78 is 1.55. The molecule has 0 saturated carbocycles. The number of carbonyl (C=O) groups excluding carboxylic acids is 1. The van der Waals surface area contributed by atoms with Crippen molar-refractivity contribution in [1.82, 2.24) is 29.5 Å². The molecule has 2 amide bonds. The number of pyridine rings is 1. The highest BCUT2D eigenvalue weighted by Crippen LogP contribution is 2.24. The largest absolute Gasteiger partial charge is 0.322 e. The lowest BCUT2D eigenvalue weighted by Crippen LogP contribution is -2.46. The van der Waals surface area contributed by atoms with E-state index < -0.39 is 0 Å². The number of carbonyl (C=O) groups is 1. The molecule has 0 aliphatic rings. The third-order valence-corrected chi connectivity index (χ3v) is 5.88. The molecule has 0 spiro atoms. The average molecular weight is 476 g/mol. The molecule has 0 saturated heterocycles. The first-order valence-corrected chi connectivity index (χ1v) is 11.0. The molecule has 8 nitrogen and oxygen atoms in total. The molecule has 3 rings (SSSR count). The van der Waals surface area contributed by atoms with Crippen LogP contribution in [0, 0.1) is 5.92 Å². The fourth-order valence-electron chi connectivity index (χ4n) is 3.40. The minimum Gasteiger partial charge on any atom is -0.319 e. The van der Waals surface area contributed by atoms with Crippen molar-refractivity contribution in [2.24, 2.45) is 5.92 Å². The van der Waals surface area contributed by atoms with Crippen molar-refractivity contribution >= 4 is 34.9 Å². The van der Waals surface area contributed by atoms with Gasteiger partial charge in [-0.1, -0.05) is 43.1 Å². The molecule has 0 aliphatic carbocycles. The van der Waals surface area contributed by atoms with Gasteiger partial charge >= 0.3 is 6.03 Å². The van der Waals surface area contributed by atoms with Crippen LogP contribution in [0.15, 0.2) is 49.2 Å². The Morgan fingerprint density at radius 2 is 1.94 bits per heavy atom. The quantitative estimate of drug-likeness (QED) is 0.515. The highest BCUT2D eigenvalue weighted by molar-refractivity contribution is 6.42. The Labute approximate surface area is 198 Å². The molecular formula is C22H27Cl2N7O. The van der Waals surface area contributed by atoms with Crippen LogP contribution in [0.5, 0.6) is 0 Å². The molecule has 1 atom stereocenters. The number of benzene rings is 1. The normalized spacial score (nSPS) is 12.2. The van der Waals surface area contributed by atoms with Crippen LogP contribution in [0.4, 0.5) is 10.5 Å². The van der Waals surface area contributed by atoms with Gasteiger partial charge in [-0.2, -0.15) is 5.10 Å². The van der Waals surface area contributed by atoms with Gasteiger partial charge in [0, 0.05) is 19.1 Å². The van der Waals surface area contributed by atoms with Crippen molar-refractivity contribution in [3.8, 4) is 5.82 Å². The molecule has 1 aromatic carbocycles. The number of halogens is 2. The molecule has 2 heterocycles. The molecule has 1 N–H and O–H groups in total. The smallest absolute Gasteiger partial charge is 0.319 e. The number of hydrogen-bond acceptors (Lipinski definition) is 5. The first-order valence-electron chi connectivity index (χ1n) is 10.2. The zero-order chi connectivity index (χ0) is 23.3. The summed E-state index contributed by atoms with van der Waals surface area (Å²) in [5, 5.41) is 7.95. The summed E-state index contributed by atoms with van der Waals surface area (Å²) in [6.45, 7) is 5.23. The van der Waals surface area contributed by atoms with Gasteiger partial charge in [-0.05, 0) is 49.8 Å². The molecule has 0 aliphatic heterocycles. The van der Waals surface area contributed by atoms with Gasteiger partial charge in [0.15, 0.2) is 5.82 Å². The lowest BCUT2D eigenvalue weighted by molar-refractivity contribution is 0.155. The summed E-state index contributed by atoms with van der Waals surface area (Å²) in [6.07, 6.45) is 4.60. The van der Waals surface area contributed by atoms with Crippen molar-refractivity contribution in [2.75, 3.05) is 26.0 Å². The van der Waals surface area contributed by atoms with Crippen LogP contribution in [0.2, 0.25) is 10.0 Å². The van der Waals surface area contributed by atoms with Gasteiger partial charge in [0.05, 0.1) is 21.9 Å². The highest BCUT2D eigenvalue weighted by Gasteiger charge is 2.23. The second-order valence-electron chi connectivity index (χ2n) is 8.08. The number of urea groups is 1. The first kappa shape index (κ1) is 24.0. The molecule has 0 bridgehead atoms. The second kappa shape index (κ2) is 10.8. The Morgan fingerprint density at radius 1 is 1.16 bits per heavy atom. The number of rotatable bonds is 8. The summed E-state index contributed by atoms with van der Waals surface area (Å²) in [6, 6.07) is 8.92. The minimum absolute atomic E-state index is 0.177. The van der Waals surface area contributed by atoms with E-state index in [1.54, 1.807) is 46.4 Å². The van der Waals surface area contributed by atoms with Gasteiger partial charge < -0.3 is 15.1 Å². The Hall–Kier alpha value is -2.68. The van der Waals surface area contributed by atoms with Crippen molar-refractivity contribution in [3.05, 3.63) is 64.8 Å². The van der Waals surface area contributed by atoms with Crippen LogP contribution in [-0.2, 0) is 6.54 Å². The zero-order valence-corrected chi connectivity index (χ0v) is 20.0. The molecule has 10 heteroatoms. The predicted octanol–water partition coefficient (Wildman–Crippen LogP) is 4.59. The van der Waals surface area contributed by atoms with E-state index >= 15 is 0 Å². The van der Waals surface area contributed by atoms with Gasteiger partial charge in [-0.25, -0.2) is 19.4 Å². The Bertz CT molecular complexity index is 1020. The third-order valence-electron chi connectivity index (χ3n) is 5.14. The topological polar surface area (TPSA) is 79.2 Å². The zero-order valence-electron chi connectivity index (χ0n) is 18.5. The maximum Gasteiger partial charge on any atom is 0.322 e. The van der Waals surface area contributed by atoms with Crippen LogP contribution >= 0.6 is 23.2 Å². The van der Waals surface area contributed by atoms with Crippen LogP contribution in [-0.4, -0.2) is 62.3 Å². The van der Waals surface area contributed by atoms with Crippen LogP contribution < -0.4 is 5.32 Å². The molecule has 170 valence electrons. The van der Waals surface area contributed by atoms with Crippen molar-refractivity contribution < 1.29 is 4.79 Å². The summed E-state index contributed by atoms with van der Waals surface area (Å²) >= 11 is 12.2. The number of anilines is 1. The Kier molecular flexibility index (Phi) is 8.06. The summed E-state index contributed by atoms with van der Waals surface area (Å²) in [5.41, 5.74) is 1.49. The van der Waals surface area contributed by atoms with Crippen LogP contribution in [0.3, 0.4) is 0 Å². The van der Waals surface area contributed by atoms with E-state index in [0.29, 0.717) is 40.6 Å². The van der Waals surface area contributed by atoms with E-state index in [1.807, 2.05) is 20.2 Å².